The van der Waals surface area contributed by atoms with Crippen LogP contribution in [-0.4, -0.2) is 0 Å². The Kier molecular flexibility index (Phi) is 4.68. The highest BCUT2D eigenvalue weighted by Crippen LogP contribution is 2.25. The zero-order valence-corrected chi connectivity index (χ0v) is 10.00. The van der Waals surface area contributed by atoms with Crippen molar-refractivity contribution in [1.82, 2.24) is 0 Å². The molecule has 0 unspecified atom stereocenters. The number of hydrogen-bond acceptors (Lipinski definition) is 0. The smallest absolute Gasteiger partial charge is 0.0213 e. The lowest BCUT2D eigenvalue weighted by atomic mass is 10.0. The normalized spacial score (nSPS) is 13.0. The standard InChI is InChI=1S/C13H15Br/c1-3-4-5-8-11(2)12-9-6-7-10-13(12)14/h3,5-11H,1,4H2,2H3/b8-5+/t11-/m1/s1. The molecule has 0 saturated carbocycles. The first-order valence-corrected chi connectivity index (χ1v) is 5.57. The predicted molar refractivity (Wildman–Crippen MR) is 66.5 cm³/mol. The van der Waals surface area contributed by atoms with Crippen molar-refractivity contribution in [2.75, 3.05) is 0 Å². The van der Waals surface area contributed by atoms with Gasteiger partial charge in [-0.2, -0.15) is 0 Å². The molecule has 0 aliphatic rings. The summed E-state index contributed by atoms with van der Waals surface area (Å²) in [6.07, 6.45) is 7.21. The zero-order valence-electron chi connectivity index (χ0n) is 8.41. The van der Waals surface area contributed by atoms with E-state index in [-0.39, 0.29) is 0 Å². The summed E-state index contributed by atoms with van der Waals surface area (Å²) < 4.78 is 1.18. The van der Waals surface area contributed by atoms with Gasteiger partial charge < -0.3 is 0 Å². The van der Waals surface area contributed by atoms with Crippen LogP contribution in [0.15, 0.2) is 53.5 Å². The van der Waals surface area contributed by atoms with Gasteiger partial charge in [-0.25, -0.2) is 0 Å². The van der Waals surface area contributed by atoms with Crippen LogP contribution in [0.25, 0.3) is 0 Å². The SMILES string of the molecule is C=CC/C=C/[C@@H](C)c1ccccc1Br. The van der Waals surface area contributed by atoms with Crippen molar-refractivity contribution in [3.8, 4) is 0 Å². The molecule has 0 nitrogen and oxygen atoms in total. The zero-order chi connectivity index (χ0) is 10.4. The molecule has 0 bridgehead atoms. The van der Waals surface area contributed by atoms with Gasteiger partial charge in [0.2, 0.25) is 0 Å². The Morgan fingerprint density at radius 2 is 2.14 bits per heavy atom. The van der Waals surface area contributed by atoms with Gasteiger partial charge in [0.25, 0.3) is 0 Å². The Labute approximate surface area is 94.5 Å². The van der Waals surface area contributed by atoms with E-state index in [1.165, 1.54) is 10.0 Å². The second-order valence-corrected chi connectivity index (χ2v) is 4.12. The quantitative estimate of drug-likeness (QED) is 0.681. The van der Waals surface area contributed by atoms with Crippen molar-refractivity contribution in [2.45, 2.75) is 19.3 Å². The lowest BCUT2D eigenvalue weighted by Crippen LogP contribution is -1.89. The van der Waals surface area contributed by atoms with E-state index in [0.717, 1.165) is 6.42 Å². The second-order valence-electron chi connectivity index (χ2n) is 3.26. The van der Waals surface area contributed by atoms with Crippen molar-refractivity contribution in [3.63, 3.8) is 0 Å². The fourth-order valence-electron chi connectivity index (χ4n) is 1.33. The molecule has 0 spiro atoms. The first-order valence-electron chi connectivity index (χ1n) is 4.77. The predicted octanol–water partition coefficient (Wildman–Crippen LogP) is 4.68. The molecule has 0 aromatic heterocycles. The van der Waals surface area contributed by atoms with Gasteiger partial charge in [0, 0.05) is 10.4 Å². The van der Waals surface area contributed by atoms with Crippen LogP contribution in [0, 0.1) is 0 Å². The van der Waals surface area contributed by atoms with Gasteiger partial charge in [0.05, 0.1) is 0 Å². The molecule has 0 radical (unpaired) electrons. The van der Waals surface area contributed by atoms with Crippen molar-refractivity contribution in [2.24, 2.45) is 0 Å². The van der Waals surface area contributed by atoms with E-state index in [2.05, 4.69) is 59.8 Å². The van der Waals surface area contributed by atoms with Gasteiger partial charge >= 0.3 is 0 Å². The molecule has 74 valence electrons. The summed E-state index contributed by atoms with van der Waals surface area (Å²) in [5.74, 6) is 0.450. The molecule has 14 heavy (non-hydrogen) atoms. The van der Waals surface area contributed by atoms with E-state index in [1.54, 1.807) is 0 Å². The largest absolute Gasteiger partial charge is 0.103 e. The number of hydrogen-bond donors (Lipinski definition) is 0. The highest BCUT2D eigenvalue weighted by Gasteiger charge is 2.03. The molecule has 0 fully saturated rings. The fourth-order valence-corrected chi connectivity index (χ4v) is 1.97. The molecule has 1 aromatic carbocycles. The van der Waals surface area contributed by atoms with Crippen LogP contribution < -0.4 is 0 Å². The van der Waals surface area contributed by atoms with Gasteiger partial charge in [-0.1, -0.05) is 59.3 Å². The van der Waals surface area contributed by atoms with Crippen LogP contribution in [0.5, 0.6) is 0 Å². The van der Waals surface area contributed by atoms with E-state index in [1.807, 2.05) is 12.1 Å². The maximum atomic E-state index is 3.69. The third-order valence-corrected chi connectivity index (χ3v) is 2.85. The Hall–Kier alpha value is -0.820. The molecular formula is C13H15Br. The van der Waals surface area contributed by atoms with E-state index >= 15 is 0 Å². The molecule has 1 heteroatoms. The third-order valence-electron chi connectivity index (χ3n) is 2.12. The van der Waals surface area contributed by atoms with Gasteiger partial charge in [-0.05, 0) is 18.1 Å². The molecule has 0 aliphatic carbocycles. The van der Waals surface area contributed by atoms with Crippen molar-refractivity contribution < 1.29 is 0 Å². The molecular weight excluding hydrogens is 236 g/mol. The number of allylic oxidation sites excluding steroid dienone is 3. The average Bonchev–Trinajstić information content (AvgIpc) is 2.18. The number of rotatable bonds is 4. The maximum Gasteiger partial charge on any atom is 0.0213 e. The third kappa shape index (κ3) is 3.15. The lowest BCUT2D eigenvalue weighted by molar-refractivity contribution is 0.954. The Morgan fingerprint density at radius 3 is 2.79 bits per heavy atom. The molecule has 0 aliphatic heterocycles. The molecule has 0 amide bonds. The summed E-state index contributed by atoms with van der Waals surface area (Å²) in [5, 5.41) is 0. The molecule has 1 atom stereocenters. The summed E-state index contributed by atoms with van der Waals surface area (Å²) in [4.78, 5) is 0. The molecule has 0 heterocycles. The van der Waals surface area contributed by atoms with E-state index < -0.39 is 0 Å². The van der Waals surface area contributed by atoms with Gasteiger partial charge in [0.15, 0.2) is 0 Å². The number of halogens is 1. The van der Waals surface area contributed by atoms with Gasteiger partial charge in [-0.15, -0.1) is 6.58 Å². The Bertz CT molecular complexity index is 326. The summed E-state index contributed by atoms with van der Waals surface area (Å²) in [6, 6.07) is 8.33. The van der Waals surface area contributed by atoms with E-state index in [9.17, 15) is 0 Å². The van der Waals surface area contributed by atoms with Gasteiger partial charge in [0.1, 0.15) is 0 Å². The number of benzene rings is 1. The molecule has 0 saturated heterocycles. The van der Waals surface area contributed by atoms with Crippen molar-refractivity contribution >= 4 is 15.9 Å². The second kappa shape index (κ2) is 5.82. The minimum Gasteiger partial charge on any atom is -0.103 e. The maximum absolute atomic E-state index is 3.69. The minimum absolute atomic E-state index is 0.450. The first-order chi connectivity index (χ1) is 6.75. The molecule has 0 N–H and O–H groups in total. The van der Waals surface area contributed by atoms with Crippen LogP contribution in [0.2, 0.25) is 0 Å². The molecule has 1 rings (SSSR count). The minimum atomic E-state index is 0.450. The summed E-state index contributed by atoms with van der Waals surface area (Å²) in [6.45, 7) is 5.88. The Balaban J connectivity index is 2.74. The topological polar surface area (TPSA) is 0 Å². The average molecular weight is 251 g/mol. The van der Waals surface area contributed by atoms with Gasteiger partial charge in [-0.3, -0.25) is 0 Å². The fraction of sp³-hybridized carbons (Fsp3) is 0.231. The van der Waals surface area contributed by atoms with Crippen LogP contribution in [-0.2, 0) is 0 Å². The monoisotopic (exact) mass is 250 g/mol. The van der Waals surface area contributed by atoms with E-state index in [0.29, 0.717) is 5.92 Å². The molecule has 1 aromatic rings. The lowest BCUT2D eigenvalue weighted by Gasteiger charge is -2.08. The van der Waals surface area contributed by atoms with Crippen molar-refractivity contribution in [3.05, 3.63) is 59.1 Å². The van der Waals surface area contributed by atoms with Crippen LogP contribution >= 0.6 is 15.9 Å². The summed E-state index contributed by atoms with van der Waals surface area (Å²) in [5.41, 5.74) is 1.33. The Morgan fingerprint density at radius 1 is 1.43 bits per heavy atom. The first kappa shape index (κ1) is 11.3. The van der Waals surface area contributed by atoms with Crippen LogP contribution in [0.4, 0.5) is 0 Å². The van der Waals surface area contributed by atoms with Crippen LogP contribution in [0.1, 0.15) is 24.8 Å². The highest BCUT2D eigenvalue weighted by molar-refractivity contribution is 9.10. The highest BCUT2D eigenvalue weighted by atomic mass is 79.9. The van der Waals surface area contributed by atoms with Crippen molar-refractivity contribution in [1.29, 1.82) is 0 Å². The summed E-state index contributed by atoms with van der Waals surface area (Å²) >= 11 is 3.55. The summed E-state index contributed by atoms with van der Waals surface area (Å²) in [7, 11) is 0. The van der Waals surface area contributed by atoms with E-state index in [4.69, 9.17) is 0 Å². The van der Waals surface area contributed by atoms with Crippen LogP contribution in [0.3, 0.4) is 0 Å².